The highest BCUT2D eigenvalue weighted by atomic mass is 79.9. The van der Waals surface area contributed by atoms with E-state index in [1.807, 2.05) is 0 Å². The molecule has 0 aromatic carbocycles. The number of hydrogen-bond acceptors (Lipinski definition) is 12. The van der Waals surface area contributed by atoms with Gasteiger partial charge in [-0.1, -0.05) is 11.6 Å². The molecule has 0 saturated heterocycles. The Balaban J connectivity index is 1.65. The number of aromatic nitrogens is 8. The highest BCUT2D eigenvalue weighted by Gasteiger charge is 2.15. The van der Waals surface area contributed by atoms with Gasteiger partial charge in [-0.3, -0.25) is 0 Å². The minimum atomic E-state index is 0.266. The van der Waals surface area contributed by atoms with E-state index in [1.54, 1.807) is 12.1 Å². The van der Waals surface area contributed by atoms with E-state index in [0.29, 0.717) is 51.0 Å². The zero-order valence-corrected chi connectivity index (χ0v) is 17.1. The molecule has 14 heteroatoms. The van der Waals surface area contributed by atoms with Gasteiger partial charge in [0.25, 0.3) is 0 Å². The maximum absolute atomic E-state index is 6.47. The Bertz CT molecular complexity index is 1080. The molecular weight excluding hydrogens is 476 g/mol. The molecule has 0 saturated carbocycles. The van der Waals surface area contributed by atoms with Gasteiger partial charge >= 0.3 is 0 Å². The molecular formula is C16H10BrClN12. The molecule has 4 N–H and O–H groups in total. The molecule has 0 radical (unpaired) electrons. The average Bonchev–Trinajstić information content (AvgIpc) is 2.74. The molecule has 4 aromatic heterocycles. The summed E-state index contributed by atoms with van der Waals surface area (Å²) in [5, 5.41) is 12.6. The van der Waals surface area contributed by atoms with Gasteiger partial charge in [0.2, 0.25) is 0 Å². The van der Waals surface area contributed by atoms with E-state index in [4.69, 9.17) is 11.6 Å². The first-order valence-electron chi connectivity index (χ1n) is 8.39. The van der Waals surface area contributed by atoms with E-state index < -0.39 is 0 Å². The summed E-state index contributed by atoms with van der Waals surface area (Å²) in [5.41, 5.74) is 0. The minimum absolute atomic E-state index is 0.266. The smallest absolute Gasteiger partial charge is 0.156 e. The Kier molecular flexibility index (Phi) is 4.65. The molecule has 0 amide bonds. The molecule has 30 heavy (non-hydrogen) atoms. The van der Waals surface area contributed by atoms with Crippen molar-refractivity contribution in [1.82, 2.24) is 39.9 Å². The van der Waals surface area contributed by atoms with Gasteiger partial charge in [-0.15, -0.1) is 0 Å². The summed E-state index contributed by atoms with van der Waals surface area (Å²) in [6.07, 6.45) is 5.58. The van der Waals surface area contributed by atoms with Crippen LogP contribution in [0.2, 0.25) is 5.02 Å². The van der Waals surface area contributed by atoms with Crippen LogP contribution in [0.3, 0.4) is 0 Å². The van der Waals surface area contributed by atoms with Crippen LogP contribution in [0.25, 0.3) is 0 Å². The van der Waals surface area contributed by atoms with Crippen LogP contribution in [0.15, 0.2) is 41.9 Å². The van der Waals surface area contributed by atoms with Crippen LogP contribution in [0.5, 0.6) is 0 Å². The fourth-order valence-corrected chi connectivity index (χ4v) is 3.16. The zero-order valence-electron chi connectivity index (χ0n) is 14.8. The molecule has 1 aliphatic heterocycles. The Labute approximate surface area is 182 Å². The molecule has 148 valence electrons. The van der Waals surface area contributed by atoms with E-state index in [9.17, 15) is 0 Å². The number of rotatable bonds is 0. The first-order valence-corrected chi connectivity index (χ1v) is 9.56. The van der Waals surface area contributed by atoms with Gasteiger partial charge in [-0.2, -0.15) is 0 Å². The molecule has 0 atom stereocenters. The van der Waals surface area contributed by atoms with Crippen molar-refractivity contribution in [3.05, 3.63) is 46.9 Å². The van der Waals surface area contributed by atoms with E-state index in [-0.39, 0.29) is 5.02 Å². The molecule has 4 aromatic rings. The Morgan fingerprint density at radius 2 is 0.867 bits per heavy atom. The molecule has 0 fully saturated rings. The van der Waals surface area contributed by atoms with Gasteiger partial charge in [0.15, 0.2) is 23.3 Å². The lowest BCUT2D eigenvalue weighted by molar-refractivity contribution is 1.10. The summed E-state index contributed by atoms with van der Waals surface area (Å²) in [4.78, 5) is 33.7. The largest absolute Gasteiger partial charge is 0.324 e. The number of nitrogens with one attached hydrogen (secondary N) is 4. The van der Waals surface area contributed by atoms with Crippen LogP contribution in [0.1, 0.15) is 0 Å². The third-order valence-electron chi connectivity index (χ3n) is 3.90. The Morgan fingerprint density at radius 1 is 0.533 bits per heavy atom. The molecule has 0 spiro atoms. The normalized spacial score (nSPS) is 12.1. The number of halogens is 2. The lowest BCUT2D eigenvalue weighted by Crippen LogP contribution is -2.06. The number of anilines is 8. The lowest BCUT2D eigenvalue weighted by atomic mass is 10.4. The highest BCUT2D eigenvalue weighted by molar-refractivity contribution is 9.10. The molecule has 0 unspecified atom stereocenters. The molecule has 5 rings (SSSR count). The van der Waals surface area contributed by atoms with Gasteiger partial charge in [0.1, 0.15) is 58.1 Å². The molecule has 12 nitrogen and oxygen atoms in total. The maximum atomic E-state index is 6.47. The van der Waals surface area contributed by atoms with Gasteiger partial charge in [0.05, 0.1) is 0 Å². The average molecular weight is 486 g/mol. The number of fused-ring (bicyclic) bond motifs is 8. The second kappa shape index (κ2) is 7.61. The first kappa shape index (κ1) is 18.3. The summed E-state index contributed by atoms with van der Waals surface area (Å²) in [7, 11) is 0. The van der Waals surface area contributed by atoms with Crippen LogP contribution in [-0.2, 0) is 0 Å². The third-order valence-corrected chi connectivity index (χ3v) is 5.01. The van der Waals surface area contributed by atoms with Crippen molar-refractivity contribution in [2.45, 2.75) is 0 Å². The zero-order chi connectivity index (χ0) is 20.5. The number of hydrogen-bond donors (Lipinski definition) is 4. The highest BCUT2D eigenvalue weighted by Crippen LogP contribution is 2.33. The van der Waals surface area contributed by atoms with Crippen molar-refractivity contribution in [3.8, 4) is 0 Å². The predicted octanol–water partition coefficient (Wildman–Crippen LogP) is 3.55. The monoisotopic (exact) mass is 484 g/mol. The van der Waals surface area contributed by atoms with Gasteiger partial charge < -0.3 is 21.3 Å². The van der Waals surface area contributed by atoms with Crippen molar-refractivity contribution in [3.63, 3.8) is 0 Å². The van der Waals surface area contributed by atoms with Crippen molar-refractivity contribution in [2.24, 2.45) is 0 Å². The first-order chi connectivity index (χ1) is 14.7. The van der Waals surface area contributed by atoms with Crippen LogP contribution < -0.4 is 21.3 Å². The van der Waals surface area contributed by atoms with Crippen molar-refractivity contribution in [2.75, 3.05) is 21.3 Å². The van der Waals surface area contributed by atoms with Crippen LogP contribution >= 0.6 is 27.5 Å². The molecule has 0 aliphatic carbocycles. The Morgan fingerprint density at radius 3 is 1.30 bits per heavy atom. The van der Waals surface area contributed by atoms with Crippen molar-refractivity contribution < 1.29 is 0 Å². The van der Waals surface area contributed by atoms with E-state index in [0.717, 1.165) is 0 Å². The lowest BCUT2D eigenvalue weighted by Gasteiger charge is -2.14. The third kappa shape index (κ3) is 3.62. The fourth-order valence-electron chi connectivity index (χ4n) is 2.56. The minimum Gasteiger partial charge on any atom is -0.324 e. The summed E-state index contributed by atoms with van der Waals surface area (Å²) in [6, 6.07) is 3.37. The number of nitrogens with zero attached hydrogens (tertiary/aromatic N) is 8. The van der Waals surface area contributed by atoms with Gasteiger partial charge in [0, 0.05) is 12.1 Å². The standard InChI is InChI=1S/C16H10BrClN12/c17-11-13-23-5-24-14(11)28-8-2-10(22-4-20-8)30-16-12(18)15(25-6-26-16)29-9-1-7(27-13)19-3-21-9/h1-6H,(H4,19,20,21,22,23,24,25,26,27,28,29,30). The maximum Gasteiger partial charge on any atom is 0.156 e. The molecule has 1 aliphatic rings. The molecule has 5 heterocycles. The van der Waals surface area contributed by atoms with E-state index >= 15 is 0 Å². The van der Waals surface area contributed by atoms with Gasteiger partial charge in [-0.25, -0.2) is 39.9 Å². The fraction of sp³-hybridized carbons (Fsp3) is 0. The summed E-state index contributed by atoms with van der Waals surface area (Å²) in [6.45, 7) is 0. The summed E-state index contributed by atoms with van der Waals surface area (Å²) in [5.74, 6) is 3.67. The second-order valence-corrected chi connectivity index (χ2v) is 7.02. The SMILES string of the molecule is Clc1c2ncnc1Nc1cc(ncn1)Nc1ncnc(c1Br)Nc1cc(ncn1)N2. The van der Waals surface area contributed by atoms with Crippen molar-refractivity contribution in [1.29, 1.82) is 0 Å². The second-order valence-electron chi connectivity index (χ2n) is 5.85. The summed E-state index contributed by atoms with van der Waals surface area (Å²) >= 11 is 9.98. The van der Waals surface area contributed by atoms with E-state index in [1.165, 1.54) is 25.3 Å². The molecule has 8 bridgehead atoms. The summed E-state index contributed by atoms with van der Waals surface area (Å²) < 4.78 is 0.593. The van der Waals surface area contributed by atoms with Crippen molar-refractivity contribution >= 4 is 74.1 Å². The topological polar surface area (TPSA) is 151 Å². The Hall–Kier alpha value is -3.71. The quantitative estimate of drug-likeness (QED) is 0.254. The van der Waals surface area contributed by atoms with Crippen LogP contribution in [0.4, 0.5) is 46.5 Å². The van der Waals surface area contributed by atoms with Gasteiger partial charge in [-0.05, 0) is 15.9 Å². The van der Waals surface area contributed by atoms with Crippen LogP contribution in [-0.4, -0.2) is 39.9 Å². The van der Waals surface area contributed by atoms with Crippen LogP contribution in [0, 0.1) is 0 Å². The predicted molar refractivity (Wildman–Crippen MR) is 114 cm³/mol. The van der Waals surface area contributed by atoms with E-state index in [2.05, 4.69) is 77.1 Å².